The maximum atomic E-state index is 12.3. The van der Waals surface area contributed by atoms with Crippen LogP contribution in [-0.2, 0) is 4.79 Å². The van der Waals surface area contributed by atoms with Gasteiger partial charge in [-0.3, -0.25) is 9.69 Å². The van der Waals surface area contributed by atoms with Crippen LogP contribution in [-0.4, -0.2) is 54.7 Å². The highest BCUT2D eigenvalue weighted by atomic mass is 16.3. The zero-order valence-electron chi connectivity index (χ0n) is 14.6. The third-order valence-electron chi connectivity index (χ3n) is 5.39. The number of piperidine rings is 1. The summed E-state index contributed by atoms with van der Waals surface area (Å²) in [6.45, 7) is 5.77. The van der Waals surface area contributed by atoms with Gasteiger partial charge in [0.25, 0.3) is 0 Å². The standard InChI is InChI=1S/C19H29N3O2/c1-15-5-4-12-22(18(15)14-23)13-19(24)20-16-6-8-17(9-7-16)21-10-2-3-11-21/h6-9,15,18,23H,2-5,10-14H2,1H3,(H,20,24). The van der Waals surface area contributed by atoms with E-state index in [-0.39, 0.29) is 18.6 Å². The minimum Gasteiger partial charge on any atom is -0.395 e. The fourth-order valence-corrected chi connectivity index (χ4v) is 3.94. The summed E-state index contributed by atoms with van der Waals surface area (Å²) < 4.78 is 0. The van der Waals surface area contributed by atoms with Crippen LogP contribution < -0.4 is 10.2 Å². The maximum Gasteiger partial charge on any atom is 0.238 e. The lowest BCUT2D eigenvalue weighted by atomic mass is 9.91. The molecule has 5 heteroatoms. The van der Waals surface area contributed by atoms with Crippen LogP contribution in [0.5, 0.6) is 0 Å². The Morgan fingerprint density at radius 2 is 1.88 bits per heavy atom. The Hall–Kier alpha value is -1.59. The molecular formula is C19H29N3O2. The van der Waals surface area contributed by atoms with E-state index in [0.29, 0.717) is 12.5 Å². The Morgan fingerprint density at radius 3 is 2.54 bits per heavy atom. The highest BCUT2D eigenvalue weighted by molar-refractivity contribution is 5.92. The molecule has 2 aliphatic heterocycles. The number of aliphatic hydroxyl groups is 1. The molecule has 2 aliphatic rings. The second-order valence-electron chi connectivity index (χ2n) is 7.13. The molecule has 1 aromatic rings. The van der Waals surface area contributed by atoms with Crippen LogP contribution in [0, 0.1) is 5.92 Å². The largest absolute Gasteiger partial charge is 0.395 e. The number of anilines is 2. The Balaban J connectivity index is 1.54. The molecule has 5 nitrogen and oxygen atoms in total. The Morgan fingerprint density at radius 1 is 1.17 bits per heavy atom. The van der Waals surface area contributed by atoms with Crippen LogP contribution in [0.1, 0.15) is 32.6 Å². The van der Waals surface area contributed by atoms with Crippen LogP contribution in [0.2, 0.25) is 0 Å². The van der Waals surface area contributed by atoms with Gasteiger partial charge in [0.2, 0.25) is 5.91 Å². The van der Waals surface area contributed by atoms with Gasteiger partial charge in [-0.05, 0) is 62.4 Å². The minimum absolute atomic E-state index is 0.00327. The number of hydrogen-bond acceptors (Lipinski definition) is 4. The lowest BCUT2D eigenvalue weighted by Gasteiger charge is -2.38. The van der Waals surface area contributed by atoms with Gasteiger partial charge in [-0.15, -0.1) is 0 Å². The number of aliphatic hydroxyl groups excluding tert-OH is 1. The third kappa shape index (κ3) is 4.08. The molecule has 3 rings (SSSR count). The van der Waals surface area contributed by atoms with Crippen molar-refractivity contribution in [2.45, 2.75) is 38.6 Å². The van der Waals surface area contributed by atoms with E-state index in [1.165, 1.54) is 18.5 Å². The first-order chi connectivity index (χ1) is 11.7. The number of likely N-dealkylation sites (tertiary alicyclic amines) is 1. The van der Waals surface area contributed by atoms with E-state index in [4.69, 9.17) is 0 Å². The topological polar surface area (TPSA) is 55.8 Å². The predicted molar refractivity (Wildman–Crippen MR) is 97.4 cm³/mol. The summed E-state index contributed by atoms with van der Waals surface area (Å²) in [5.41, 5.74) is 2.07. The Kier molecular flexibility index (Phi) is 5.74. The van der Waals surface area contributed by atoms with Crippen LogP contribution in [0.25, 0.3) is 0 Å². The van der Waals surface area contributed by atoms with E-state index in [1.54, 1.807) is 0 Å². The molecule has 2 N–H and O–H groups in total. The van der Waals surface area contributed by atoms with Crippen molar-refractivity contribution in [3.63, 3.8) is 0 Å². The summed E-state index contributed by atoms with van der Waals surface area (Å²) in [6.07, 6.45) is 4.74. The van der Waals surface area contributed by atoms with Gasteiger partial charge < -0.3 is 15.3 Å². The van der Waals surface area contributed by atoms with Crippen LogP contribution in [0.3, 0.4) is 0 Å². The molecule has 24 heavy (non-hydrogen) atoms. The molecule has 0 bridgehead atoms. The van der Waals surface area contributed by atoms with E-state index in [9.17, 15) is 9.90 Å². The lowest BCUT2D eigenvalue weighted by molar-refractivity contribution is -0.118. The summed E-state index contributed by atoms with van der Waals surface area (Å²) in [5.74, 6) is 0.438. The second-order valence-corrected chi connectivity index (χ2v) is 7.13. The second kappa shape index (κ2) is 7.99. The van der Waals surface area contributed by atoms with Gasteiger partial charge in [0.15, 0.2) is 0 Å². The van der Waals surface area contributed by atoms with Crippen molar-refractivity contribution in [3.05, 3.63) is 24.3 Å². The molecule has 0 spiro atoms. The zero-order valence-corrected chi connectivity index (χ0v) is 14.6. The van der Waals surface area contributed by atoms with Crippen LogP contribution in [0.4, 0.5) is 11.4 Å². The van der Waals surface area contributed by atoms with Crippen molar-refractivity contribution in [1.82, 2.24) is 4.90 Å². The number of nitrogens with one attached hydrogen (secondary N) is 1. The molecule has 2 unspecified atom stereocenters. The Bertz CT molecular complexity index is 540. The summed E-state index contributed by atoms with van der Waals surface area (Å²) in [7, 11) is 0. The molecule has 2 heterocycles. The van der Waals surface area contributed by atoms with E-state index in [2.05, 4.69) is 34.2 Å². The molecule has 0 radical (unpaired) electrons. The van der Waals surface area contributed by atoms with Crippen molar-refractivity contribution in [3.8, 4) is 0 Å². The summed E-state index contributed by atoms with van der Waals surface area (Å²) in [6, 6.07) is 8.23. The van der Waals surface area contributed by atoms with Gasteiger partial charge in [0, 0.05) is 30.5 Å². The number of rotatable bonds is 5. The number of hydrogen-bond donors (Lipinski definition) is 2. The van der Waals surface area contributed by atoms with Gasteiger partial charge in [0.1, 0.15) is 0 Å². The molecule has 0 aliphatic carbocycles. The quantitative estimate of drug-likeness (QED) is 0.869. The maximum absolute atomic E-state index is 12.3. The number of carbonyl (C=O) groups excluding carboxylic acids is 1. The van der Waals surface area contributed by atoms with Gasteiger partial charge >= 0.3 is 0 Å². The first-order valence-corrected chi connectivity index (χ1v) is 9.17. The molecular weight excluding hydrogens is 302 g/mol. The fraction of sp³-hybridized carbons (Fsp3) is 0.632. The molecule has 2 atom stereocenters. The number of amides is 1. The van der Waals surface area contributed by atoms with Crippen molar-refractivity contribution in [2.75, 3.05) is 43.0 Å². The number of benzene rings is 1. The van der Waals surface area contributed by atoms with E-state index >= 15 is 0 Å². The van der Waals surface area contributed by atoms with Crippen molar-refractivity contribution < 1.29 is 9.90 Å². The van der Waals surface area contributed by atoms with E-state index in [0.717, 1.165) is 38.2 Å². The van der Waals surface area contributed by atoms with Crippen molar-refractivity contribution in [1.29, 1.82) is 0 Å². The number of nitrogens with zero attached hydrogens (tertiary/aromatic N) is 2. The monoisotopic (exact) mass is 331 g/mol. The average Bonchev–Trinajstić information content (AvgIpc) is 3.10. The zero-order chi connectivity index (χ0) is 16.9. The van der Waals surface area contributed by atoms with Crippen LogP contribution in [0.15, 0.2) is 24.3 Å². The first kappa shape index (κ1) is 17.2. The van der Waals surface area contributed by atoms with E-state index < -0.39 is 0 Å². The van der Waals surface area contributed by atoms with Crippen LogP contribution >= 0.6 is 0 Å². The average molecular weight is 331 g/mol. The van der Waals surface area contributed by atoms with E-state index in [1.807, 2.05) is 12.1 Å². The molecule has 1 amide bonds. The molecule has 0 saturated carbocycles. The minimum atomic E-state index is -0.00327. The van der Waals surface area contributed by atoms with Gasteiger partial charge in [-0.1, -0.05) is 6.92 Å². The van der Waals surface area contributed by atoms with Crippen molar-refractivity contribution >= 4 is 17.3 Å². The number of carbonyl (C=O) groups is 1. The summed E-state index contributed by atoms with van der Waals surface area (Å²) in [4.78, 5) is 16.8. The predicted octanol–water partition coefficient (Wildman–Crippen LogP) is 2.32. The van der Waals surface area contributed by atoms with Crippen molar-refractivity contribution in [2.24, 2.45) is 5.92 Å². The normalized spacial score (nSPS) is 25.0. The SMILES string of the molecule is CC1CCCN(CC(=O)Nc2ccc(N3CCCC3)cc2)C1CO. The summed E-state index contributed by atoms with van der Waals surface area (Å²) in [5, 5.41) is 12.6. The first-order valence-electron chi connectivity index (χ1n) is 9.17. The molecule has 0 aromatic heterocycles. The molecule has 2 fully saturated rings. The smallest absolute Gasteiger partial charge is 0.238 e. The lowest BCUT2D eigenvalue weighted by Crippen LogP contribution is -2.49. The fourth-order valence-electron chi connectivity index (χ4n) is 3.94. The molecule has 132 valence electrons. The molecule has 2 saturated heterocycles. The van der Waals surface area contributed by atoms with Gasteiger partial charge in [0.05, 0.1) is 13.2 Å². The summed E-state index contributed by atoms with van der Waals surface area (Å²) >= 11 is 0. The highest BCUT2D eigenvalue weighted by Crippen LogP contribution is 2.24. The highest BCUT2D eigenvalue weighted by Gasteiger charge is 2.29. The molecule has 1 aromatic carbocycles. The Labute approximate surface area is 144 Å². The van der Waals surface area contributed by atoms with Gasteiger partial charge in [-0.25, -0.2) is 0 Å². The third-order valence-corrected chi connectivity index (χ3v) is 5.39. The van der Waals surface area contributed by atoms with Gasteiger partial charge in [-0.2, -0.15) is 0 Å².